The van der Waals surface area contributed by atoms with Crippen molar-refractivity contribution in [1.82, 2.24) is 24.9 Å². The van der Waals surface area contributed by atoms with Gasteiger partial charge in [-0.2, -0.15) is 9.78 Å². The number of aryl methyl sites for hydroxylation is 1. The van der Waals surface area contributed by atoms with Crippen LogP contribution in [0, 0.1) is 5.82 Å². The van der Waals surface area contributed by atoms with Gasteiger partial charge in [0.05, 0.1) is 23.0 Å². The molecule has 4 aromatic rings. The van der Waals surface area contributed by atoms with Crippen LogP contribution in [0.5, 0.6) is 0 Å². The van der Waals surface area contributed by atoms with Gasteiger partial charge in [0.2, 0.25) is 0 Å². The van der Waals surface area contributed by atoms with Crippen molar-refractivity contribution in [2.45, 2.75) is 25.9 Å². The highest BCUT2D eigenvalue weighted by Gasteiger charge is 2.25. The highest BCUT2D eigenvalue weighted by Crippen LogP contribution is 2.37. The molecule has 2 N–H and O–H groups in total. The number of fused-ring (bicyclic) bond motifs is 2. The van der Waals surface area contributed by atoms with Gasteiger partial charge >= 0.3 is 6.09 Å². The zero-order valence-electron chi connectivity index (χ0n) is 19.3. The molecule has 0 saturated carbocycles. The smallest absolute Gasteiger partial charge is 0.435 e. The van der Waals surface area contributed by atoms with E-state index in [1.54, 1.807) is 24.0 Å². The van der Waals surface area contributed by atoms with Gasteiger partial charge in [0.25, 0.3) is 0 Å². The molecular weight excluding hydrogens is 461 g/mol. The number of piperazine rings is 1. The summed E-state index contributed by atoms with van der Waals surface area (Å²) in [4.78, 5) is 14.8. The molecule has 9 nitrogen and oxygen atoms in total. The summed E-state index contributed by atoms with van der Waals surface area (Å²) >= 11 is 6.74. The third-order valence-corrected chi connectivity index (χ3v) is 6.23. The van der Waals surface area contributed by atoms with Crippen molar-refractivity contribution in [3.8, 4) is 0 Å². The maximum absolute atomic E-state index is 14.6. The lowest BCUT2D eigenvalue weighted by Gasteiger charge is -2.37. The molecule has 0 amide bonds. The first-order valence-corrected chi connectivity index (χ1v) is 11.3. The Bertz CT molecular complexity index is 1410. The van der Waals surface area contributed by atoms with Gasteiger partial charge in [-0.25, -0.2) is 9.18 Å². The maximum Gasteiger partial charge on any atom is 0.435 e. The average Bonchev–Trinajstić information content (AvgIpc) is 3.33. The van der Waals surface area contributed by atoms with Crippen LogP contribution in [0.2, 0.25) is 5.02 Å². The van der Waals surface area contributed by atoms with E-state index in [2.05, 4.69) is 39.6 Å². The first kappa shape index (κ1) is 22.4. The Kier molecular flexibility index (Phi) is 5.57. The van der Waals surface area contributed by atoms with Crippen LogP contribution in [0.25, 0.3) is 21.8 Å². The Labute approximate surface area is 200 Å². The highest BCUT2D eigenvalue weighted by atomic mass is 35.5. The number of aromatic nitrogens is 4. The normalized spacial score (nSPS) is 18.6. The van der Waals surface area contributed by atoms with Gasteiger partial charge in [-0.1, -0.05) is 11.6 Å². The van der Waals surface area contributed by atoms with Crippen LogP contribution in [0.3, 0.4) is 0 Å². The van der Waals surface area contributed by atoms with Crippen LogP contribution in [-0.2, 0) is 11.8 Å². The van der Waals surface area contributed by atoms with Gasteiger partial charge in [-0.15, -0.1) is 5.10 Å². The number of halogens is 2. The van der Waals surface area contributed by atoms with E-state index < -0.39 is 11.9 Å². The molecule has 0 radical (unpaired) electrons. The number of hydrogen-bond acceptors (Lipinski definition) is 7. The summed E-state index contributed by atoms with van der Waals surface area (Å²) in [6, 6.07) is 7.46. The summed E-state index contributed by atoms with van der Waals surface area (Å²) in [5.41, 5.74) is 2.12. The lowest BCUT2D eigenvalue weighted by Crippen LogP contribution is -2.54. The minimum Gasteiger partial charge on any atom is -0.451 e. The van der Waals surface area contributed by atoms with E-state index >= 15 is 0 Å². The molecule has 3 heterocycles. The number of ether oxygens (including phenoxy) is 1. The van der Waals surface area contributed by atoms with E-state index in [-0.39, 0.29) is 5.52 Å². The molecule has 11 heteroatoms. The number of carbonyl (C=O) groups excluding carboxylic acids is 1. The van der Waals surface area contributed by atoms with Crippen LogP contribution < -0.4 is 15.5 Å². The molecule has 2 aromatic carbocycles. The van der Waals surface area contributed by atoms with Crippen LogP contribution in [-0.4, -0.2) is 57.9 Å². The van der Waals surface area contributed by atoms with Crippen LogP contribution in [0.15, 0.2) is 30.5 Å². The zero-order valence-corrected chi connectivity index (χ0v) is 20.0. The molecule has 34 heavy (non-hydrogen) atoms. The summed E-state index contributed by atoms with van der Waals surface area (Å²) in [7, 11) is 3.02. The van der Waals surface area contributed by atoms with Crippen molar-refractivity contribution < 1.29 is 13.9 Å². The minimum absolute atomic E-state index is 0.278. The van der Waals surface area contributed by atoms with Crippen LogP contribution >= 0.6 is 11.6 Å². The van der Waals surface area contributed by atoms with Crippen LogP contribution in [0.1, 0.15) is 13.8 Å². The summed E-state index contributed by atoms with van der Waals surface area (Å²) in [5, 5.41) is 16.8. The second-order valence-electron chi connectivity index (χ2n) is 8.75. The molecule has 1 fully saturated rings. The third-order valence-electron chi connectivity index (χ3n) is 5.93. The summed E-state index contributed by atoms with van der Waals surface area (Å²) in [6.07, 6.45) is 1.07. The predicted molar refractivity (Wildman–Crippen MR) is 131 cm³/mol. The number of carbonyl (C=O) groups is 1. The molecule has 178 valence electrons. The van der Waals surface area contributed by atoms with E-state index in [0.29, 0.717) is 44.9 Å². The van der Waals surface area contributed by atoms with Crippen molar-refractivity contribution >= 4 is 56.7 Å². The maximum atomic E-state index is 14.6. The Morgan fingerprint density at radius 1 is 1.21 bits per heavy atom. The number of nitrogens with one attached hydrogen (secondary N) is 2. The molecule has 0 aliphatic carbocycles. The van der Waals surface area contributed by atoms with Gasteiger partial charge in [0, 0.05) is 55.2 Å². The molecule has 0 bridgehead atoms. The molecule has 0 unspecified atom stereocenters. The van der Waals surface area contributed by atoms with Gasteiger partial charge in [-0.05, 0) is 38.1 Å². The average molecular weight is 486 g/mol. The second kappa shape index (κ2) is 8.44. The van der Waals surface area contributed by atoms with Gasteiger partial charge in [0.1, 0.15) is 5.52 Å². The summed E-state index contributed by atoms with van der Waals surface area (Å²) in [6.45, 7) is 5.85. The summed E-state index contributed by atoms with van der Waals surface area (Å²) in [5.74, 6) is -0.144. The van der Waals surface area contributed by atoms with E-state index in [1.165, 1.54) is 17.9 Å². The zero-order chi connectivity index (χ0) is 24.1. The number of rotatable bonds is 3. The first-order chi connectivity index (χ1) is 16.2. The lowest BCUT2D eigenvalue weighted by molar-refractivity contribution is 0.170. The first-order valence-electron chi connectivity index (χ1n) is 10.9. The van der Waals surface area contributed by atoms with Crippen molar-refractivity contribution in [3.05, 3.63) is 41.3 Å². The fourth-order valence-corrected chi connectivity index (χ4v) is 4.94. The Balaban J connectivity index is 1.61. The van der Waals surface area contributed by atoms with E-state index in [1.807, 2.05) is 12.1 Å². The molecule has 1 aliphatic rings. The topological polar surface area (TPSA) is 89.2 Å². The SMILES string of the molecule is COC(=O)n1nc(Nc2cc(F)c3nn(C)cc3c2)c2c(Cl)cc(N3C[C@H](C)N[C@@H](C)C3)cc21. The monoisotopic (exact) mass is 485 g/mol. The molecule has 0 spiro atoms. The third kappa shape index (κ3) is 3.92. The Hall–Kier alpha value is -3.37. The minimum atomic E-state index is -0.651. The number of benzene rings is 2. The predicted octanol–water partition coefficient (Wildman–Crippen LogP) is 4.26. The lowest BCUT2D eigenvalue weighted by atomic mass is 10.1. The quantitative estimate of drug-likeness (QED) is 0.448. The van der Waals surface area contributed by atoms with Gasteiger partial charge < -0.3 is 20.3 Å². The highest BCUT2D eigenvalue weighted by molar-refractivity contribution is 6.37. The Morgan fingerprint density at radius 3 is 2.65 bits per heavy atom. The van der Waals surface area contributed by atoms with E-state index in [9.17, 15) is 9.18 Å². The fourth-order valence-electron chi connectivity index (χ4n) is 4.64. The number of nitrogens with zero attached hydrogens (tertiary/aromatic N) is 5. The van der Waals surface area contributed by atoms with Crippen LogP contribution in [0.4, 0.5) is 26.4 Å². The van der Waals surface area contributed by atoms with E-state index in [4.69, 9.17) is 16.3 Å². The molecule has 5 rings (SSSR count). The molecule has 1 aliphatic heterocycles. The molecule has 2 atom stereocenters. The van der Waals surface area contributed by atoms with Crippen molar-refractivity contribution in [2.24, 2.45) is 7.05 Å². The molecule has 2 aromatic heterocycles. The number of anilines is 3. The molecule has 1 saturated heterocycles. The molecular formula is C23H25ClFN7O2. The largest absolute Gasteiger partial charge is 0.451 e. The Morgan fingerprint density at radius 2 is 1.94 bits per heavy atom. The van der Waals surface area contributed by atoms with Crippen molar-refractivity contribution in [3.63, 3.8) is 0 Å². The standard InChI is InChI=1S/C23H25ClFN7O2/c1-12-9-31(10-13(2)26-12)16-7-17(24)20-19(8-16)32(23(33)34-4)29-22(20)27-15-5-14-11-30(3)28-21(14)18(25)6-15/h5-8,11-13,26H,9-10H2,1-4H3,(H,27,29)/t12-,13-/m0/s1. The van der Waals surface area contributed by atoms with Gasteiger partial charge in [-0.3, -0.25) is 4.68 Å². The summed E-state index contributed by atoms with van der Waals surface area (Å²) < 4.78 is 22.3. The van der Waals surface area contributed by atoms with Crippen molar-refractivity contribution in [1.29, 1.82) is 0 Å². The van der Waals surface area contributed by atoms with Crippen molar-refractivity contribution in [2.75, 3.05) is 30.4 Å². The second-order valence-corrected chi connectivity index (χ2v) is 9.16. The number of hydrogen-bond donors (Lipinski definition) is 2. The number of methoxy groups -OCH3 is 1. The van der Waals surface area contributed by atoms with E-state index in [0.717, 1.165) is 18.8 Å². The van der Waals surface area contributed by atoms with Gasteiger partial charge in [0.15, 0.2) is 11.6 Å². The fraction of sp³-hybridized carbons (Fsp3) is 0.348.